The second-order valence-electron chi connectivity index (χ2n) is 5.43. The molecule has 0 fully saturated rings. The van der Waals surface area contributed by atoms with Gasteiger partial charge in [0.15, 0.2) is 4.90 Å². The van der Waals surface area contributed by atoms with Crippen LogP contribution in [0.4, 0.5) is 4.79 Å². The van der Waals surface area contributed by atoms with Crippen LogP contribution in [-0.2, 0) is 30.2 Å². The third-order valence-electron chi connectivity index (χ3n) is 2.91. The molecule has 1 aromatic rings. The lowest BCUT2D eigenvalue weighted by Gasteiger charge is -2.22. The molecule has 0 aromatic heterocycles. The quantitative estimate of drug-likeness (QED) is 0.254. The van der Waals surface area contributed by atoms with Gasteiger partial charge in [-0.25, -0.2) is 13.2 Å². The Morgan fingerprint density at radius 2 is 1.67 bits per heavy atom. The lowest BCUT2D eigenvalue weighted by atomic mass is 10.1. The molecule has 0 atom stereocenters. The monoisotopic (exact) mass is 380 g/mol. The van der Waals surface area contributed by atoms with Crippen molar-refractivity contribution in [2.75, 3.05) is 19.6 Å². The SMILES string of the molecule is CCC(C)(C)OC(=O)Oc1ccc([S+](C)C)cc1.COS(=O)(=O)[O-]. The van der Waals surface area contributed by atoms with Crippen molar-refractivity contribution in [2.45, 2.75) is 37.7 Å². The second kappa shape index (κ2) is 9.87. The molecule has 0 saturated heterocycles. The standard InChI is InChI=1S/C14H21O3S.CH4O4S/c1-6-14(2,3)17-13(15)16-11-7-9-12(10-8-11)18(4)5;1-5-6(2,3)4/h7-10H,6H2,1-5H3;1H3,(H,2,3,4)/q+1;/p-1. The van der Waals surface area contributed by atoms with E-state index in [0.717, 1.165) is 13.5 Å². The summed E-state index contributed by atoms with van der Waals surface area (Å²) in [5.74, 6) is 0.515. The average molecular weight is 380 g/mol. The number of benzene rings is 1. The van der Waals surface area contributed by atoms with E-state index in [4.69, 9.17) is 9.47 Å². The smallest absolute Gasteiger partial charge is 0.514 e. The van der Waals surface area contributed by atoms with Gasteiger partial charge in [0.1, 0.15) is 23.9 Å². The van der Waals surface area contributed by atoms with Gasteiger partial charge in [0.2, 0.25) is 10.4 Å². The summed E-state index contributed by atoms with van der Waals surface area (Å²) in [4.78, 5) is 12.8. The number of rotatable bonds is 5. The molecule has 0 unspecified atom stereocenters. The van der Waals surface area contributed by atoms with E-state index in [2.05, 4.69) is 16.7 Å². The average Bonchev–Trinajstić information content (AvgIpc) is 2.47. The van der Waals surface area contributed by atoms with Gasteiger partial charge in [-0.15, -0.1) is 0 Å². The van der Waals surface area contributed by atoms with Crippen LogP contribution < -0.4 is 4.74 Å². The Bertz CT molecular complexity index is 607. The van der Waals surface area contributed by atoms with Crippen molar-refractivity contribution < 1.29 is 31.4 Å². The predicted octanol–water partition coefficient (Wildman–Crippen LogP) is 2.72. The maximum absolute atomic E-state index is 11.6. The van der Waals surface area contributed by atoms with Crippen LogP contribution in [0.3, 0.4) is 0 Å². The van der Waals surface area contributed by atoms with E-state index in [1.54, 1.807) is 12.1 Å². The van der Waals surface area contributed by atoms with Crippen molar-refractivity contribution in [1.82, 2.24) is 0 Å². The molecule has 0 spiro atoms. The molecule has 9 heteroatoms. The molecule has 0 aliphatic carbocycles. The van der Waals surface area contributed by atoms with E-state index in [0.29, 0.717) is 5.75 Å². The Labute approximate surface area is 146 Å². The predicted molar refractivity (Wildman–Crippen MR) is 92.1 cm³/mol. The maximum atomic E-state index is 11.6. The van der Waals surface area contributed by atoms with E-state index >= 15 is 0 Å². The molecule has 0 aliphatic heterocycles. The highest BCUT2D eigenvalue weighted by molar-refractivity contribution is 7.95. The van der Waals surface area contributed by atoms with E-state index in [9.17, 15) is 17.8 Å². The van der Waals surface area contributed by atoms with Gasteiger partial charge in [-0.05, 0) is 44.5 Å². The molecular formula is C15H24O7S2. The summed E-state index contributed by atoms with van der Waals surface area (Å²) in [5.41, 5.74) is -0.490. The van der Waals surface area contributed by atoms with Crippen LogP contribution in [0.1, 0.15) is 27.2 Å². The largest absolute Gasteiger partial charge is 0.726 e. The van der Waals surface area contributed by atoms with Crippen molar-refractivity contribution >= 4 is 27.4 Å². The van der Waals surface area contributed by atoms with Gasteiger partial charge in [-0.2, -0.15) is 0 Å². The first-order valence-corrected chi connectivity index (χ1v) is 10.4. The third-order valence-corrected chi connectivity index (χ3v) is 4.53. The molecule has 0 aliphatic rings. The van der Waals surface area contributed by atoms with Crippen LogP contribution in [0, 0.1) is 0 Å². The lowest BCUT2D eigenvalue weighted by molar-refractivity contribution is 0.00705. The zero-order valence-corrected chi connectivity index (χ0v) is 16.3. The minimum absolute atomic E-state index is 0.211. The van der Waals surface area contributed by atoms with Crippen LogP contribution >= 0.6 is 0 Å². The van der Waals surface area contributed by atoms with Crippen LogP contribution in [0.5, 0.6) is 5.75 Å². The minimum atomic E-state index is -4.41. The number of carbonyl (C=O) groups is 1. The normalized spacial score (nSPS) is 11.5. The van der Waals surface area contributed by atoms with Gasteiger partial charge in [-0.1, -0.05) is 6.92 Å². The molecule has 0 N–H and O–H groups in total. The highest BCUT2D eigenvalue weighted by Crippen LogP contribution is 2.19. The molecular weight excluding hydrogens is 356 g/mol. The summed E-state index contributed by atoms with van der Waals surface area (Å²) in [7, 11) is -3.39. The minimum Gasteiger partial charge on any atom is -0.726 e. The first-order chi connectivity index (χ1) is 10.9. The molecule has 1 aromatic carbocycles. The molecule has 1 rings (SSSR count). The van der Waals surface area contributed by atoms with Crippen LogP contribution in [0.2, 0.25) is 0 Å². The summed E-state index contributed by atoms with van der Waals surface area (Å²) in [6, 6.07) is 7.53. The Kier molecular flexibility index (Phi) is 9.34. The molecule has 0 amide bonds. The van der Waals surface area contributed by atoms with Crippen molar-refractivity contribution in [3.8, 4) is 5.75 Å². The van der Waals surface area contributed by atoms with Crippen LogP contribution in [0.15, 0.2) is 29.2 Å². The second-order valence-corrected chi connectivity index (χ2v) is 8.68. The van der Waals surface area contributed by atoms with Crippen molar-refractivity contribution in [2.24, 2.45) is 0 Å². The zero-order chi connectivity index (χ0) is 19.0. The Morgan fingerprint density at radius 3 is 2.00 bits per heavy atom. The lowest BCUT2D eigenvalue weighted by Crippen LogP contribution is -2.28. The molecule has 138 valence electrons. The summed E-state index contributed by atoms with van der Waals surface area (Å²) in [5, 5.41) is 0. The molecule has 0 radical (unpaired) electrons. The molecule has 0 bridgehead atoms. The topological polar surface area (TPSA) is 102 Å². The number of ether oxygens (including phenoxy) is 2. The molecule has 7 nitrogen and oxygen atoms in total. The summed E-state index contributed by atoms with van der Waals surface area (Å²) < 4.78 is 41.4. The van der Waals surface area contributed by atoms with Gasteiger partial charge in [0, 0.05) is 10.9 Å². The van der Waals surface area contributed by atoms with Crippen molar-refractivity contribution in [1.29, 1.82) is 0 Å². The Morgan fingerprint density at radius 1 is 1.21 bits per heavy atom. The van der Waals surface area contributed by atoms with Gasteiger partial charge < -0.3 is 14.0 Å². The first-order valence-electron chi connectivity index (χ1n) is 7.00. The molecule has 0 heterocycles. The molecule has 24 heavy (non-hydrogen) atoms. The van der Waals surface area contributed by atoms with E-state index < -0.39 is 22.2 Å². The van der Waals surface area contributed by atoms with Gasteiger partial charge in [0.25, 0.3) is 0 Å². The highest BCUT2D eigenvalue weighted by atomic mass is 32.3. The van der Waals surface area contributed by atoms with Crippen LogP contribution in [-0.4, -0.2) is 44.3 Å². The van der Waals surface area contributed by atoms with Gasteiger partial charge in [0.05, 0.1) is 7.11 Å². The van der Waals surface area contributed by atoms with Crippen LogP contribution in [0.25, 0.3) is 0 Å². The Hall–Kier alpha value is -1.29. The fraction of sp³-hybridized carbons (Fsp3) is 0.533. The van der Waals surface area contributed by atoms with E-state index in [1.807, 2.05) is 32.9 Å². The fourth-order valence-electron chi connectivity index (χ4n) is 1.19. The summed E-state index contributed by atoms with van der Waals surface area (Å²) in [6.45, 7) is 5.68. The summed E-state index contributed by atoms with van der Waals surface area (Å²) in [6.07, 6.45) is 4.39. The van der Waals surface area contributed by atoms with Gasteiger partial charge in [-0.3, -0.25) is 4.18 Å². The highest BCUT2D eigenvalue weighted by Gasteiger charge is 2.22. The maximum Gasteiger partial charge on any atom is 0.514 e. The van der Waals surface area contributed by atoms with Crippen molar-refractivity contribution in [3.63, 3.8) is 0 Å². The molecule has 0 saturated carbocycles. The number of carbonyl (C=O) groups excluding carboxylic acids is 1. The number of hydrogen-bond donors (Lipinski definition) is 0. The Balaban J connectivity index is 0.000000754. The van der Waals surface area contributed by atoms with Gasteiger partial charge >= 0.3 is 6.16 Å². The number of hydrogen-bond acceptors (Lipinski definition) is 7. The summed E-state index contributed by atoms with van der Waals surface area (Å²) >= 11 is 0. The fourth-order valence-corrected chi connectivity index (χ4v) is 1.88. The zero-order valence-electron chi connectivity index (χ0n) is 14.7. The first kappa shape index (κ1) is 22.7. The third kappa shape index (κ3) is 10.5. The van der Waals surface area contributed by atoms with E-state index in [1.165, 1.54) is 4.90 Å². The van der Waals surface area contributed by atoms with Crippen molar-refractivity contribution in [3.05, 3.63) is 24.3 Å². The van der Waals surface area contributed by atoms with E-state index in [-0.39, 0.29) is 10.9 Å².